The third-order valence-corrected chi connectivity index (χ3v) is 6.83. The molecule has 0 spiro atoms. The molecule has 0 bridgehead atoms. The number of rotatable bonds is 6. The Hall–Kier alpha value is -2.79. The molecular weight excluding hydrogens is 392 g/mol. The van der Waals surface area contributed by atoms with Crippen LogP contribution in [0.4, 0.5) is 0 Å². The van der Waals surface area contributed by atoms with Crippen LogP contribution in [0.3, 0.4) is 0 Å². The van der Waals surface area contributed by atoms with Crippen molar-refractivity contribution in [2.75, 3.05) is 13.1 Å². The first-order valence-corrected chi connectivity index (χ1v) is 11.4. The van der Waals surface area contributed by atoms with Crippen molar-refractivity contribution in [3.05, 3.63) is 76.2 Å². The summed E-state index contributed by atoms with van der Waals surface area (Å²) >= 11 is 1.60. The molecule has 0 N–H and O–H groups in total. The molecule has 1 aliphatic rings. The predicted molar refractivity (Wildman–Crippen MR) is 121 cm³/mol. The second kappa shape index (κ2) is 9.35. The summed E-state index contributed by atoms with van der Waals surface area (Å²) in [6.45, 7) is 3.26. The lowest BCUT2D eigenvalue weighted by Crippen LogP contribution is -2.42. The number of Topliss-reactive ketones (excluding diaryl/α,β-unsaturated/α-hetero) is 1. The smallest absolute Gasteiger partial charge is 0.222 e. The van der Waals surface area contributed by atoms with Gasteiger partial charge >= 0.3 is 0 Å². The van der Waals surface area contributed by atoms with Crippen molar-refractivity contribution in [3.8, 4) is 11.1 Å². The summed E-state index contributed by atoms with van der Waals surface area (Å²) in [7, 11) is 0. The molecule has 1 amide bonds. The average molecular weight is 419 g/mol. The number of ketones is 1. The van der Waals surface area contributed by atoms with E-state index in [-0.39, 0.29) is 17.6 Å². The van der Waals surface area contributed by atoms with Crippen LogP contribution >= 0.6 is 11.3 Å². The maximum atomic E-state index is 13.1. The highest BCUT2D eigenvalue weighted by atomic mass is 32.1. The lowest BCUT2D eigenvalue weighted by molar-refractivity contribution is -0.132. The summed E-state index contributed by atoms with van der Waals surface area (Å²) in [6, 6.07) is 18.0. The topological polar surface area (TPSA) is 50.3 Å². The number of aryl methyl sites for hydroxylation is 2. The van der Waals surface area contributed by atoms with Gasteiger partial charge in [-0.25, -0.2) is 4.98 Å². The van der Waals surface area contributed by atoms with E-state index in [2.05, 4.69) is 17.1 Å². The second-order valence-electron chi connectivity index (χ2n) is 7.85. The van der Waals surface area contributed by atoms with E-state index in [1.165, 1.54) is 4.88 Å². The second-order valence-corrected chi connectivity index (χ2v) is 8.79. The summed E-state index contributed by atoms with van der Waals surface area (Å²) in [5, 5.41) is 0. The van der Waals surface area contributed by atoms with E-state index >= 15 is 0 Å². The molecule has 4 nitrogen and oxygen atoms in total. The largest absolute Gasteiger partial charge is 0.342 e. The number of carbonyl (C=O) groups excluding carboxylic acids is 2. The van der Waals surface area contributed by atoms with Crippen LogP contribution in [0.25, 0.3) is 11.1 Å². The van der Waals surface area contributed by atoms with Gasteiger partial charge < -0.3 is 4.90 Å². The molecule has 2 aromatic carbocycles. The maximum Gasteiger partial charge on any atom is 0.222 e. The first kappa shape index (κ1) is 20.5. The van der Waals surface area contributed by atoms with E-state index in [1.54, 1.807) is 11.3 Å². The lowest BCUT2D eigenvalue weighted by atomic mass is 9.89. The van der Waals surface area contributed by atoms with Crippen LogP contribution in [0.15, 0.2) is 60.1 Å². The third kappa shape index (κ3) is 4.68. The van der Waals surface area contributed by atoms with Gasteiger partial charge in [0.1, 0.15) is 0 Å². The predicted octanol–water partition coefficient (Wildman–Crippen LogP) is 5.17. The molecule has 30 heavy (non-hydrogen) atoms. The van der Waals surface area contributed by atoms with Crippen LogP contribution in [0.5, 0.6) is 0 Å². The minimum atomic E-state index is -0.115. The Balaban J connectivity index is 1.37. The van der Waals surface area contributed by atoms with Crippen molar-refractivity contribution < 1.29 is 9.59 Å². The van der Waals surface area contributed by atoms with Gasteiger partial charge in [-0.1, -0.05) is 54.6 Å². The van der Waals surface area contributed by atoms with Crippen LogP contribution in [-0.4, -0.2) is 34.7 Å². The third-order valence-electron chi connectivity index (χ3n) is 5.83. The molecule has 1 atom stereocenters. The zero-order valence-electron chi connectivity index (χ0n) is 17.2. The Kier molecular flexibility index (Phi) is 6.38. The van der Waals surface area contributed by atoms with E-state index < -0.39 is 0 Å². The molecule has 0 saturated carbocycles. The molecule has 2 heterocycles. The van der Waals surface area contributed by atoms with Gasteiger partial charge in [-0.3, -0.25) is 9.59 Å². The molecule has 5 heteroatoms. The standard InChI is InChI=1S/C25H26N2O2S/c1-18-23(30-17-26-18)13-14-24(28)27-15-5-8-22(16-27)25(29)21-11-9-20(10-12-21)19-6-3-2-4-7-19/h2-4,6-7,9-12,17,22H,5,8,13-16H2,1H3/t22-/m1/s1. The molecule has 1 aliphatic heterocycles. The molecule has 3 aromatic rings. The van der Waals surface area contributed by atoms with Crippen LogP contribution in [0.1, 0.15) is 40.2 Å². The lowest BCUT2D eigenvalue weighted by Gasteiger charge is -2.32. The van der Waals surface area contributed by atoms with Gasteiger partial charge in [0, 0.05) is 35.9 Å². The quantitative estimate of drug-likeness (QED) is 0.519. The Bertz CT molecular complexity index is 1010. The highest BCUT2D eigenvalue weighted by Gasteiger charge is 2.29. The van der Waals surface area contributed by atoms with Gasteiger partial charge in [0.05, 0.1) is 11.2 Å². The average Bonchev–Trinajstić information content (AvgIpc) is 3.22. The molecule has 4 rings (SSSR count). The zero-order valence-corrected chi connectivity index (χ0v) is 18.0. The number of hydrogen-bond acceptors (Lipinski definition) is 4. The molecule has 1 aromatic heterocycles. The molecule has 0 unspecified atom stereocenters. The number of piperidine rings is 1. The summed E-state index contributed by atoms with van der Waals surface area (Å²) in [5.74, 6) is 0.167. The van der Waals surface area contributed by atoms with Crippen molar-refractivity contribution >= 4 is 23.0 Å². The number of benzene rings is 2. The van der Waals surface area contributed by atoms with Crippen molar-refractivity contribution in [3.63, 3.8) is 0 Å². The number of amides is 1. The number of thiazole rings is 1. The van der Waals surface area contributed by atoms with E-state index in [0.717, 1.165) is 48.2 Å². The molecule has 0 radical (unpaired) electrons. The zero-order chi connectivity index (χ0) is 20.9. The van der Waals surface area contributed by atoms with E-state index in [1.807, 2.05) is 59.8 Å². The fourth-order valence-corrected chi connectivity index (χ4v) is 4.84. The SMILES string of the molecule is Cc1ncsc1CCC(=O)N1CCC[C@@H](C(=O)c2ccc(-c3ccccc3)cc2)C1. The Morgan fingerprint density at radius 1 is 1.07 bits per heavy atom. The number of carbonyl (C=O) groups is 2. The summed E-state index contributed by atoms with van der Waals surface area (Å²) < 4.78 is 0. The fraction of sp³-hybridized carbons (Fsp3) is 0.320. The Labute approximate surface area is 181 Å². The van der Waals surface area contributed by atoms with Gasteiger partial charge in [-0.2, -0.15) is 0 Å². The maximum absolute atomic E-state index is 13.1. The first-order valence-electron chi connectivity index (χ1n) is 10.5. The molecular formula is C25H26N2O2S. The summed E-state index contributed by atoms with van der Waals surface area (Å²) in [6.07, 6.45) is 2.93. The van der Waals surface area contributed by atoms with Gasteiger partial charge in [-0.05, 0) is 37.3 Å². The van der Waals surface area contributed by atoms with Crippen LogP contribution in [0.2, 0.25) is 0 Å². The van der Waals surface area contributed by atoms with Gasteiger partial charge in [-0.15, -0.1) is 11.3 Å². The number of aromatic nitrogens is 1. The highest BCUT2D eigenvalue weighted by Crippen LogP contribution is 2.25. The van der Waals surface area contributed by atoms with Crippen LogP contribution < -0.4 is 0 Å². The van der Waals surface area contributed by atoms with Gasteiger partial charge in [0.15, 0.2) is 5.78 Å². The van der Waals surface area contributed by atoms with Crippen molar-refractivity contribution in [1.82, 2.24) is 9.88 Å². The molecule has 1 saturated heterocycles. The number of hydrogen-bond donors (Lipinski definition) is 0. The molecule has 154 valence electrons. The Morgan fingerprint density at radius 3 is 2.50 bits per heavy atom. The minimum absolute atomic E-state index is 0.115. The van der Waals surface area contributed by atoms with Crippen LogP contribution in [-0.2, 0) is 11.2 Å². The number of nitrogens with zero attached hydrogens (tertiary/aromatic N) is 2. The van der Waals surface area contributed by atoms with E-state index in [4.69, 9.17) is 0 Å². The van der Waals surface area contributed by atoms with Crippen LogP contribution in [0, 0.1) is 12.8 Å². The van der Waals surface area contributed by atoms with E-state index in [0.29, 0.717) is 13.0 Å². The summed E-state index contributed by atoms with van der Waals surface area (Å²) in [4.78, 5) is 33.1. The van der Waals surface area contributed by atoms with Crippen molar-refractivity contribution in [2.45, 2.75) is 32.6 Å². The minimum Gasteiger partial charge on any atom is -0.342 e. The molecule has 0 aliphatic carbocycles. The highest BCUT2D eigenvalue weighted by molar-refractivity contribution is 7.09. The van der Waals surface area contributed by atoms with Gasteiger partial charge in [0.25, 0.3) is 0 Å². The monoisotopic (exact) mass is 418 g/mol. The van der Waals surface area contributed by atoms with Crippen molar-refractivity contribution in [1.29, 1.82) is 0 Å². The first-order chi connectivity index (χ1) is 14.6. The molecule has 1 fully saturated rings. The fourth-order valence-electron chi connectivity index (χ4n) is 4.06. The Morgan fingerprint density at radius 2 is 1.80 bits per heavy atom. The number of likely N-dealkylation sites (tertiary alicyclic amines) is 1. The van der Waals surface area contributed by atoms with Crippen molar-refractivity contribution in [2.24, 2.45) is 5.92 Å². The van der Waals surface area contributed by atoms with Gasteiger partial charge in [0.2, 0.25) is 5.91 Å². The van der Waals surface area contributed by atoms with E-state index in [9.17, 15) is 9.59 Å². The normalized spacial score (nSPS) is 16.4. The summed E-state index contributed by atoms with van der Waals surface area (Å²) in [5.41, 5.74) is 5.81.